The number of benzene rings is 4. The monoisotopic (exact) mass is 2050 g/mol. The van der Waals surface area contributed by atoms with Gasteiger partial charge >= 0.3 is 0 Å². The standard InChI is InChI=1S/C29H38FN5O4.C29H39N5O4.C28H46N4O4.C27H42N4O4/c1-18-16-33-25(21-11-12-21)29(38)35(3)19(2)27(36)34-24(15-20-7-5-13-31-17-20)28(37)32-14-6-9-22-8-4-10-23(30)26(22)39-18;1-19-18-32-26(22-13-14-22)29(37)34(3)20(2)27(35)33-24(17-23-11-6-7-15-30-23)28(36)31-16-8-10-21-9-4-5-12-25(21)38-19;1-8-19(4)25-28(35)32(7)21(6)26(33)31-23(16-18(2)3)27(34)29-15-11-13-22-12-9-10-14-24(22)36-20(5)17-30-25;1-17(2)15-22-26(33)28-14-8-10-20-9-6-7-11-23(20)35-18(3)16-29-24(21-12-13-21)27(34)31(5)19(4)25(32)30-22/h4-5,7-8,10,13,17-19,21,24-25,33H,6,9,11-12,14-16H2,1-3H3,(H,32,37)(H,34,36);4-7,9,11-12,15,19-20,22,24,26,32H,8,10,13-14,16-18H2,1-3H3,(H,31,36)(H,33,35);9-10,12,14,18-21,23,25,30H,8,11,13,15-17H2,1-7H3,(H,29,34)(H,31,33);6-7,9,11,17-19,21-22,24,29H,8,10,12-16H2,1-5H3,(H,28,33)(H,30,32)/t18-,19-,24-,25+;19-,20-,24-,26+;19?,20-,21-,23-,25+;18-,19-,22-,24+/m1111/s1. The molecule has 148 heavy (non-hydrogen) atoms. The van der Waals surface area contributed by atoms with Crippen LogP contribution in [0.5, 0.6) is 23.0 Å². The van der Waals surface area contributed by atoms with Crippen molar-refractivity contribution in [1.29, 1.82) is 0 Å². The van der Waals surface area contributed by atoms with Crippen molar-refractivity contribution in [2.75, 3.05) is 80.5 Å². The van der Waals surface area contributed by atoms with E-state index in [0.717, 1.165) is 123 Å². The third-order valence-corrected chi connectivity index (χ3v) is 28.5. The molecule has 17 atom stereocenters. The van der Waals surface area contributed by atoms with Crippen molar-refractivity contribution in [1.82, 2.24) is 93.4 Å². The molecule has 7 aliphatic rings. The maximum atomic E-state index is 14.7. The molecule has 34 nitrogen and oxygen atoms in total. The molecular weight excluding hydrogens is 1880 g/mol. The summed E-state index contributed by atoms with van der Waals surface area (Å²) in [6.45, 7) is 30.4. The number of hydrogen-bond acceptors (Lipinski definition) is 22. The first-order valence-electron chi connectivity index (χ1n) is 53.6. The Labute approximate surface area is 874 Å². The second kappa shape index (κ2) is 58.7. The maximum Gasteiger partial charge on any atom is 0.243 e. The van der Waals surface area contributed by atoms with Crippen molar-refractivity contribution in [3.05, 3.63) is 179 Å². The van der Waals surface area contributed by atoms with E-state index in [-0.39, 0.29) is 149 Å². The Morgan fingerprint density at radius 3 is 1.06 bits per heavy atom. The Morgan fingerprint density at radius 1 is 0.365 bits per heavy atom. The first kappa shape index (κ1) is 118. The molecule has 12 N–H and O–H groups in total. The number of para-hydroxylation sites is 4. The van der Waals surface area contributed by atoms with E-state index in [1.807, 2.05) is 166 Å². The molecule has 12 amide bonds. The molecule has 35 heteroatoms. The molecule has 3 aliphatic carbocycles. The van der Waals surface area contributed by atoms with Gasteiger partial charge in [-0.1, -0.05) is 127 Å². The van der Waals surface area contributed by atoms with E-state index < -0.39 is 78.2 Å². The summed E-state index contributed by atoms with van der Waals surface area (Å²) < 4.78 is 39.5. The fraction of sp³-hybridized carbons (Fsp3) is 0.593. The lowest BCUT2D eigenvalue weighted by Crippen LogP contribution is -2.57. The lowest BCUT2D eigenvalue weighted by Gasteiger charge is -2.33. The molecule has 4 aromatic carbocycles. The third-order valence-electron chi connectivity index (χ3n) is 28.5. The number of carbonyl (C=O) groups is 12. The molecule has 4 aliphatic heterocycles. The number of pyridine rings is 2. The molecule has 13 rings (SSSR count). The summed E-state index contributed by atoms with van der Waals surface area (Å²) >= 11 is 0. The normalized spacial score (nSPS) is 26.5. The van der Waals surface area contributed by atoms with Gasteiger partial charge in [0.2, 0.25) is 70.9 Å². The summed E-state index contributed by atoms with van der Waals surface area (Å²) in [4.78, 5) is 173. The summed E-state index contributed by atoms with van der Waals surface area (Å²) in [7, 11) is 6.56. The molecular formula is C113H165FN18O16. The van der Waals surface area contributed by atoms with Gasteiger partial charge < -0.3 is 102 Å². The number of likely N-dealkylation sites (N-methyl/N-ethyl adjacent to an activating group) is 4. The molecule has 1 unspecified atom stereocenters. The summed E-state index contributed by atoms with van der Waals surface area (Å²) in [6, 6.07) is 30.2. The maximum absolute atomic E-state index is 14.7. The number of aryl methyl sites for hydroxylation is 4. The van der Waals surface area contributed by atoms with E-state index in [2.05, 4.69) is 73.8 Å². The zero-order valence-corrected chi connectivity index (χ0v) is 90.2. The predicted octanol–water partition coefficient (Wildman–Crippen LogP) is 9.01. The van der Waals surface area contributed by atoms with Crippen molar-refractivity contribution < 1.29 is 80.9 Å². The number of carbonyl (C=O) groups excluding carboxylic acids is 12. The van der Waals surface area contributed by atoms with Crippen molar-refractivity contribution in [3.8, 4) is 23.0 Å². The molecule has 0 saturated heterocycles. The van der Waals surface area contributed by atoms with Crippen molar-refractivity contribution >= 4 is 70.9 Å². The van der Waals surface area contributed by atoms with Crippen LogP contribution in [0.15, 0.2) is 140 Å². The minimum Gasteiger partial charge on any atom is -0.489 e. The average Bonchev–Trinajstić information content (AvgIpc) is 1.69. The van der Waals surface area contributed by atoms with Gasteiger partial charge in [0.05, 0.1) is 24.2 Å². The Hall–Kier alpha value is -12.2. The Balaban J connectivity index is 0.000000202. The van der Waals surface area contributed by atoms with Gasteiger partial charge in [0.15, 0.2) is 11.6 Å². The largest absolute Gasteiger partial charge is 0.489 e. The fourth-order valence-electron chi connectivity index (χ4n) is 18.2. The van der Waals surface area contributed by atoms with Gasteiger partial charge in [0.25, 0.3) is 0 Å². The summed E-state index contributed by atoms with van der Waals surface area (Å²) in [5, 5.41) is 36.9. The average molecular weight is 2050 g/mol. The predicted molar refractivity (Wildman–Crippen MR) is 568 cm³/mol. The van der Waals surface area contributed by atoms with E-state index in [1.54, 1.807) is 92.7 Å². The molecule has 6 aromatic rings. The Kier molecular flexibility index (Phi) is 46.7. The highest BCUT2D eigenvalue weighted by atomic mass is 19.1. The topological polar surface area (TPSA) is 425 Å². The van der Waals surface area contributed by atoms with Crippen molar-refractivity contribution in [3.63, 3.8) is 0 Å². The van der Waals surface area contributed by atoms with Crippen LogP contribution in [0, 0.1) is 41.3 Å². The highest BCUT2D eigenvalue weighted by Crippen LogP contribution is 2.37. The van der Waals surface area contributed by atoms with Crippen LogP contribution in [0.4, 0.5) is 4.39 Å². The van der Waals surface area contributed by atoms with E-state index in [1.165, 1.54) is 25.7 Å². The summed E-state index contributed by atoms with van der Waals surface area (Å²) in [6.07, 6.45) is 17.8. The minimum absolute atomic E-state index is 0.0692. The fourth-order valence-corrected chi connectivity index (χ4v) is 18.2. The first-order valence-corrected chi connectivity index (χ1v) is 53.6. The molecule has 0 bridgehead atoms. The number of hydrogen-bond donors (Lipinski definition) is 12. The van der Waals surface area contributed by atoms with Crippen LogP contribution in [0.1, 0.15) is 214 Å². The number of rotatable bonds is 13. The van der Waals surface area contributed by atoms with Crippen LogP contribution in [-0.4, -0.2) is 278 Å². The number of fused-ring (bicyclic) bond motifs is 4. The first-order chi connectivity index (χ1) is 70.8. The van der Waals surface area contributed by atoms with Gasteiger partial charge in [-0.05, 0) is 264 Å². The molecule has 0 spiro atoms. The second-order valence-electron chi connectivity index (χ2n) is 41.9. The number of ether oxygens (including phenoxy) is 4. The van der Waals surface area contributed by atoms with Crippen LogP contribution < -0.4 is 82.7 Å². The van der Waals surface area contributed by atoms with Crippen LogP contribution in [0.25, 0.3) is 0 Å². The number of nitrogens with one attached hydrogen (secondary N) is 12. The van der Waals surface area contributed by atoms with Gasteiger partial charge in [-0.15, -0.1) is 0 Å². The number of nitrogens with zero attached hydrogens (tertiary/aromatic N) is 6. The minimum atomic E-state index is -0.849. The molecule has 3 fully saturated rings. The smallest absolute Gasteiger partial charge is 0.243 e. The van der Waals surface area contributed by atoms with Gasteiger partial charge in [0.1, 0.15) is 90.0 Å². The van der Waals surface area contributed by atoms with E-state index in [0.29, 0.717) is 89.3 Å². The van der Waals surface area contributed by atoms with Gasteiger partial charge in [-0.2, -0.15) is 0 Å². The highest BCUT2D eigenvalue weighted by molar-refractivity contribution is 5.96. The second-order valence-corrected chi connectivity index (χ2v) is 41.9. The molecule has 3 saturated carbocycles. The SMILES string of the molecule is CC(C)C[C@H]1NC(=O)[C@@H](C)N(C)C(=O)[C@H](C2CC2)NC[C@@H](C)Oc2ccccc2CCCNC1=O.CCC(C)[C@@H]1NC[C@@H](C)Oc2ccccc2CCCNC(=O)[C@@H](CC(C)C)NC(=O)[C@@H](C)N(C)C1=O.C[C@@H]1CN[C@@H](C2CC2)C(=O)N(C)[C@H](C)C(=O)N[C@H](Cc2ccccn2)C(=O)NCCCc2ccccc2O1.C[C@@H]1CN[C@@H](C2CC2)C(=O)N(C)[C@H](C)C(=O)N[C@H](Cc2cccnc2)C(=O)NCCCc2cccc(F)c2O1. The molecule has 2 aromatic heterocycles. The Morgan fingerprint density at radius 2 is 0.703 bits per heavy atom. The number of amides is 12. The summed E-state index contributed by atoms with van der Waals surface area (Å²) in [5.41, 5.74) is 5.44. The molecule has 0 radical (unpaired) electrons. The van der Waals surface area contributed by atoms with Crippen LogP contribution >= 0.6 is 0 Å². The van der Waals surface area contributed by atoms with Crippen molar-refractivity contribution in [2.24, 2.45) is 35.5 Å². The van der Waals surface area contributed by atoms with E-state index in [9.17, 15) is 61.9 Å². The molecule has 810 valence electrons. The summed E-state index contributed by atoms with van der Waals surface area (Å²) in [5.74, 6) is 0.401. The number of halogens is 1. The van der Waals surface area contributed by atoms with Gasteiger partial charge in [0, 0.05) is 118 Å². The lowest BCUT2D eigenvalue weighted by atomic mass is 9.97. The quantitative estimate of drug-likeness (QED) is 0.0513. The zero-order valence-electron chi connectivity index (χ0n) is 90.2. The lowest BCUT2D eigenvalue weighted by molar-refractivity contribution is -0.141. The van der Waals surface area contributed by atoms with E-state index >= 15 is 0 Å². The van der Waals surface area contributed by atoms with Crippen LogP contribution in [0.2, 0.25) is 0 Å². The number of aromatic nitrogens is 2. The van der Waals surface area contributed by atoms with Crippen LogP contribution in [-0.2, 0) is 96.1 Å². The third kappa shape index (κ3) is 36.6. The van der Waals surface area contributed by atoms with Crippen molar-refractivity contribution in [2.45, 2.75) is 316 Å². The zero-order chi connectivity index (χ0) is 107. The highest BCUT2D eigenvalue weighted by Gasteiger charge is 2.45. The molecule has 6 heterocycles. The van der Waals surface area contributed by atoms with E-state index in [4.69, 9.17) is 18.9 Å². The van der Waals surface area contributed by atoms with Gasteiger partial charge in [-0.25, -0.2) is 4.39 Å². The Bertz CT molecular complexity index is 5310. The van der Waals surface area contributed by atoms with Crippen LogP contribution in [0.3, 0.4) is 0 Å². The van der Waals surface area contributed by atoms with Gasteiger partial charge in [-0.3, -0.25) is 67.5 Å².